The van der Waals surface area contributed by atoms with Crippen molar-refractivity contribution in [3.8, 4) is 17.1 Å². The minimum atomic E-state index is 0.0578. The number of aryl methyl sites for hydroxylation is 1. The maximum absolute atomic E-state index is 13.7. The molecule has 5 rings (SSSR count). The number of furan rings is 1. The molecule has 144 valence electrons. The van der Waals surface area contributed by atoms with Crippen molar-refractivity contribution in [1.29, 1.82) is 0 Å². The highest BCUT2D eigenvalue weighted by atomic mass is 16.3. The Bertz CT molecular complexity index is 977. The zero-order valence-corrected chi connectivity index (χ0v) is 16.0. The van der Waals surface area contributed by atoms with Crippen LogP contribution in [0.5, 0.6) is 0 Å². The van der Waals surface area contributed by atoms with E-state index in [1.54, 1.807) is 4.68 Å². The van der Waals surface area contributed by atoms with E-state index in [0.29, 0.717) is 23.1 Å². The number of hydrogen-bond donors (Lipinski definition) is 1. The molecule has 1 aromatic carbocycles. The van der Waals surface area contributed by atoms with Gasteiger partial charge in [0.2, 0.25) is 0 Å². The van der Waals surface area contributed by atoms with E-state index in [9.17, 15) is 4.79 Å². The number of carbonyl (C=O) groups excluding carboxylic acids is 1. The van der Waals surface area contributed by atoms with Crippen molar-refractivity contribution in [2.45, 2.75) is 38.3 Å². The van der Waals surface area contributed by atoms with Crippen molar-refractivity contribution < 1.29 is 9.21 Å². The molecule has 2 fully saturated rings. The molecule has 28 heavy (non-hydrogen) atoms. The number of hydrogen-bond acceptors (Lipinski definition) is 4. The molecule has 0 aliphatic carbocycles. The van der Waals surface area contributed by atoms with Crippen LogP contribution in [0.2, 0.25) is 0 Å². The predicted octanol–water partition coefficient (Wildman–Crippen LogP) is 3.41. The molecule has 2 saturated heterocycles. The first-order valence-corrected chi connectivity index (χ1v) is 9.96. The molecular weight excluding hydrogens is 352 g/mol. The van der Waals surface area contributed by atoms with E-state index in [0.717, 1.165) is 43.8 Å². The number of benzene rings is 1. The molecule has 2 aliphatic heterocycles. The van der Waals surface area contributed by atoms with Gasteiger partial charge in [-0.2, -0.15) is 5.10 Å². The maximum atomic E-state index is 13.7. The highest BCUT2D eigenvalue weighted by molar-refractivity contribution is 6.00. The van der Waals surface area contributed by atoms with Gasteiger partial charge in [0.25, 0.3) is 5.91 Å². The van der Waals surface area contributed by atoms with Gasteiger partial charge in [0, 0.05) is 24.8 Å². The number of nitrogens with one attached hydrogen (secondary N) is 1. The molecule has 4 heterocycles. The van der Waals surface area contributed by atoms with Gasteiger partial charge in [-0.05, 0) is 57.0 Å². The number of amides is 1. The van der Waals surface area contributed by atoms with Crippen LogP contribution in [-0.4, -0.2) is 45.8 Å². The van der Waals surface area contributed by atoms with Crippen molar-refractivity contribution in [2.24, 2.45) is 0 Å². The molecule has 3 aromatic rings. The van der Waals surface area contributed by atoms with E-state index in [1.165, 1.54) is 0 Å². The van der Waals surface area contributed by atoms with Gasteiger partial charge < -0.3 is 14.6 Å². The van der Waals surface area contributed by atoms with Gasteiger partial charge in [-0.3, -0.25) is 4.79 Å². The summed E-state index contributed by atoms with van der Waals surface area (Å²) in [7, 11) is 0. The first-order valence-electron chi connectivity index (χ1n) is 9.96. The molecule has 0 spiro atoms. The summed E-state index contributed by atoms with van der Waals surface area (Å²) in [4.78, 5) is 15.8. The third-order valence-corrected chi connectivity index (χ3v) is 5.83. The standard InChI is InChI=1S/C22H24N4O2/c1-15-7-10-20(28-15)21-19(14-25(24-21)16-5-3-2-4-6-16)22(27)26-17-8-9-18(26)13-23-12-11-17/h2-7,10,14,17-18,23H,8-9,11-13H2,1H3. The summed E-state index contributed by atoms with van der Waals surface area (Å²) in [5, 5.41) is 8.20. The molecule has 0 saturated carbocycles. The van der Waals surface area contributed by atoms with E-state index in [1.807, 2.05) is 55.6 Å². The highest BCUT2D eigenvalue weighted by Crippen LogP contribution is 2.33. The topological polar surface area (TPSA) is 63.3 Å². The third-order valence-electron chi connectivity index (χ3n) is 5.83. The van der Waals surface area contributed by atoms with Gasteiger partial charge >= 0.3 is 0 Å². The fraction of sp³-hybridized carbons (Fsp3) is 0.364. The summed E-state index contributed by atoms with van der Waals surface area (Å²) < 4.78 is 7.61. The lowest BCUT2D eigenvalue weighted by Gasteiger charge is -2.27. The fourth-order valence-electron chi connectivity index (χ4n) is 4.44. The molecular formula is C22H24N4O2. The van der Waals surface area contributed by atoms with E-state index in [-0.39, 0.29) is 11.9 Å². The van der Waals surface area contributed by atoms with Gasteiger partial charge in [0.1, 0.15) is 11.5 Å². The molecule has 2 atom stereocenters. The summed E-state index contributed by atoms with van der Waals surface area (Å²) in [5.41, 5.74) is 2.14. The van der Waals surface area contributed by atoms with Gasteiger partial charge in [0.15, 0.2) is 5.76 Å². The number of fused-ring (bicyclic) bond motifs is 2. The van der Waals surface area contributed by atoms with Gasteiger partial charge in [0.05, 0.1) is 11.3 Å². The van der Waals surface area contributed by atoms with Gasteiger partial charge in [-0.15, -0.1) is 0 Å². The number of para-hydroxylation sites is 1. The first-order chi connectivity index (χ1) is 13.7. The molecule has 6 heteroatoms. The predicted molar refractivity (Wildman–Crippen MR) is 106 cm³/mol. The first kappa shape index (κ1) is 17.3. The smallest absolute Gasteiger partial charge is 0.258 e. The zero-order valence-electron chi connectivity index (χ0n) is 16.0. The molecule has 2 aliphatic rings. The maximum Gasteiger partial charge on any atom is 0.258 e. The summed E-state index contributed by atoms with van der Waals surface area (Å²) in [6, 6.07) is 14.2. The minimum Gasteiger partial charge on any atom is -0.460 e. The van der Waals surface area contributed by atoms with Crippen molar-refractivity contribution in [3.05, 3.63) is 60.0 Å². The molecule has 2 bridgehead atoms. The van der Waals surface area contributed by atoms with Crippen LogP contribution >= 0.6 is 0 Å². The molecule has 0 radical (unpaired) electrons. The minimum absolute atomic E-state index is 0.0578. The molecule has 6 nitrogen and oxygen atoms in total. The van der Waals surface area contributed by atoms with E-state index in [4.69, 9.17) is 9.52 Å². The van der Waals surface area contributed by atoms with Crippen LogP contribution in [-0.2, 0) is 0 Å². The van der Waals surface area contributed by atoms with Crippen molar-refractivity contribution >= 4 is 5.91 Å². The number of nitrogens with zero attached hydrogens (tertiary/aromatic N) is 3. The van der Waals surface area contributed by atoms with Crippen LogP contribution in [0.4, 0.5) is 0 Å². The largest absolute Gasteiger partial charge is 0.460 e. The lowest BCUT2D eigenvalue weighted by atomic mass is 10.1. The second kappa shape index (κ2) is 6.95. The Hall–Kier alpha value is -2.86. The summed E-state index contributed by atoms with van der Waals surface area (Å²) in [6.45, 7) is 3.74. The van der Waals surface area contributed by atoms with E-state index >= 15 is 0 Å². The Morgan fingerprint density at radius 1 is 1.11 bits per heavy atom. The third kappa shape index (κ3) is 2.94. The molecule has 2 unspecified atom stereocenters. The average molecular weight is 376 g/mol. The van der Waals surface area contributed by atoms with E-state index < -0.39 is 0 Å². The van der Waals surface area contributed by atoms with Crippen LogP contribution in [0.15, 0.2) is 53.1 Å². The Balaban J connectivity index is 1.59. The van der Waals surface area contributed by atoms with Crippen molar-refractivity contribution in [3.63, 3.8) is 0 Å². The summed E-state index contributed by atoms with van der Waals surface area (Å²) in [5.74, 6) is 1.50. The fourth-order valence-corrected chi connectivity index (χ4v) is 4.44. The van der Waals surface area contributed by atoms with Crippen LogP contribution in [0.3, 0.4) is 0 Å². The summed E-state index contributed by atoms with van der Waals surface area (Å²) >= 11 is 0. The monoisotopic (exact) mass is 376 g/mol. The normalized spacial score (nSPS) is 21.7. The second-order valence-electron chi connectivity index (χ2n) is 7.67. The van der Waals surface area contributed by atoms with Crippen LogP contribution < -0.4 is 5.32 Å². The average Bonchev–Trinajstić information content (AvgIpc) is 3.38. The van der Waals surface area contributed by atoms with Crippen molar-refractivity contribution in [1.82, 2.24) is 20.0 Å². The highest BCUT2D eigenvalue weighted by Gasteiger charge is 2.40. The number of aromatic nitrogens is 2. The Morgan fingerprint density at radius 2 is 1.93 bits per heavy atom. The lowest BCUT2D eigenvalue weighted by Crippen LogP contribution is -2.42. The second-order valence-corrected chi connectivity index (χ2v) is 7.67. The van der Waals surface area contributed by atoms with Crippen LogP contribution in [0, 0.1) is 6.92 Å². The molecule has 1 N–H and O–H groups in total. The summed E-state index contributed by atoms with van der Waals surface area (Å²) in [6.07, 6.45) is 5.00. The van der Waals surface area contributed by atoms with E-state index in [2.05, 4.69) is 10.2 Å². The van der Waals surface area contributed by atoms with Crippen LogP contribution in [0.1, 0.15) is 35.4 Å². The van der Waals surface area contributed by atoms with Crippen molar-refractivity contribution in [2.75, 3.05) is 13.1 Å². The lowest BCUT2D eigenvalue weighted by molar-refractivity contribution is 0.0681. The Kier molecular flexibility index (Phi) is 4.28. The van der Waals surface area contributed by atoms with Gasteiger partial charge in [-0.25, -0.2) is 4.68 Å². The Labute approximate surface area is 164 Å². The quantitative estimate of drug-likeness (QED) is 0.761. The zero-order chi connectivity index (χ0) is 19.1. The SMILES string of the molecule is Cc1ccc(-c2nn(-c3ccccc3)cc2C(=O)N2C3CCNCC2CC3)o1. The van der Waals surface area contributed by atoms with Crippen LogP contribution in [0.25, 0.3) is 17.1 Å². The number of rotatable bonds is 3. The Morgan fingerprint density at radius 3 is 2.71 bits per heavy atom. The van der Waals surface area contributed by atoms with Gasteiger partial charge in [-0.1, -0.05) is 18.2 Å². The number of carbonyl (C=O) groups is 1. The molecule has 2 aromatic heterocycles. The molecule has 1 amide bonds.